The van der Waals surface area contributed by atoms with E-state index in [9.17, 15) is 54.2 Å². The van der Waals surface area contributed by atoms with Crippen molar-refractivity contribution in [2.75, 3.05) is 0 Å². The number of nitrogens with zero attached hydrogens (tertiary/aromatic N) is 5. The Morgan fingerprint density at radius 3 is 1.33 bits per heavy atom. The number of nitro groups is 1. The fourth-order valence-corrected chi connectivity index (χ4v) is 5.56. The smallest absolute Gasteiger partial charge is 0.744 e. The summed E-state index contributed by atoms with van der Waals surface area (Å²) in [5, 5.41) is 35.3. The van der Waals surface area contributed by atoms with Crippen molar-refractivity contribution < 1.29 is 137 Å². The van der Waals surface area contributed by atoms with Crippen molar-refractivity contribution in [3.63, 3.8) is 0 Å². The molecule has 4 rings (SSSR count). The molecule has 0 aromatic heterocycles. The zero-order valence-corrected chi connectivity index (χ0v) is 34.0. The van der Waals surface area contributed by atoms with Crippen LogP contribution in [0.25, 0.3) is 12.2 Å². The zero-order chi connectivity index (χ0) is 33.9. The molecular formula is C26H16N5Na3O12S3. The quantitative estimate of drug-likeness (QED) is 0.0284. The third kappa shape index (κ3) is 12.5. The fourth-order valence-electron chi connectivity index (χ4n) is 3.71. The SMILES string of the molecule is O=[N+]([O-])c1ccc(C=Cc2ccc([N+]([O-])=Nc3ccc(N=Nc4ccc(S(=O)(=O)[O-])cc4)cc3)cc2S(=O)(=O)[O-])c(S(=O)(=O)[O-])c1.[Na+].[Na+].[Na+]. The Morgan fingerprint density at radius 2 is 0.918 bits per heavy atom. The summed E-state index contributed by atoms with van der Waals surface area (Å²) in [7, 11) is -15.0. The van der Waals surface area contributed by atoms with Gasteiger partial charge in [0, 0.05) is 29.4 Å². The molecule has 0 unspecified atom stereocenters. The summed E-state index contributed by atoms with van der Waals surface area (Å²) in [4.78, 5) is 7.82. The van der Waals surface area contributed by atoms with Crippen LogP contribution in [0.4, 0.5) is 28.4 Å². The Balaban J connectivity index is 0.00000400. The second-order valence-corrected chi connectivity index (χ2v) is 13.1. The van der Waals surface area contributed by atoms with Crippen LogP contribution in [-0.4, -0.2) is 48.7 Å². The van der Waals surface area contributed by atoms with E-state index in [2.05, 4.69) is 15.3 Å². The second-order valence-electron chi connectivity index (χ2n) is 8.98. The molecule has 0 N–H and O–H groups in total. The van der Waals surface area contributed by atoms with Crippen molar-refractivity contribution in [2.24, 2.45) is 15.3 Å². The van der Waals surface area contributed by atoms with Crippen molar-refractivity contribution in [1.82, 2.24) is 0 Å². The summed E-state index contributed by atoms with van der Waals surface area (Å²) in [6.07, 6.45) is 1.94. The van der Waals surface area contributed by atoms with Crippen LogP contribution in [0.2, 0.25) is 0 Å². The number of rotatable bonds is 10. The normalized spacial score (nSPS) is 12.2. The molecule has 0 aliphatic carbocycles. The van der Waals surface area contributed by atoms with Gasteiger partial charge in [-0.05, 0) is 71.8 Å². The number of benzene rings is 4. The first kappa shape index (κ1) is 44.8. The molecule has 0 saturated carbocycles. The first-order valence-electron chi connectivity index (χ1n) is 12.2. The van der Waals surface area contributed by atoms with E-state index in [1.165, 1.54) is 36.4 Å². The zero-order valence-electron chi connectivity index (χ0n) is 25.6. The second kappa shape index (κ2) is 18.3. The van der Waals surface area contributed by atoms with Gasteiger partial charge in [0.15, 0.2) is 0 Å². The predicted octanol–water partition coefficient (Wildman–Crippen LogP) is -4.17. The van der Waals surface area contributed by atoms with Crippen molar-refractivity contribution in [1.29, 1.82) is 0 Å². The molecule has 238 valence electrons. The topological polar surface area (TPSA) is 278 Å². The minimum absolute atomic E-state index is 0. The molecule has 0 radical (unpaired) electrons. The van der Waals surface area contributed by atoms with Gasteiger partial charge in [0.05, 0.1) is 31.0 Å². The van der Waals surface area contributed by atoms with Crippen molar-refractivity contribution in [3.8, 4) is 0 Å². The largest absolute Gasteiger partial charge is 1.00 e. The number of non-ortho nitro benzene ring substituents is 1. The van der Waals surface area contributed by atoms with Crippen LogP contribution >= 0.6 is 0 Å². The molecule has 0 fully saturated rings. The summed E-state index contributed by atoms with van der Waals surface area (Å²) in [5.74, 6) is 0. The standard InChI is InChI=1S/C26H19N5O12S3.3Na/c32-30(29-21-7-5-19(6-8-21)27-28-20-9-13-24(14-10-20)44(35,36)37)22-11-3-17(25(15-22)45(38,39)40)1-2-18-4-12-23(31(33)34)16-26(18)46(41,42)43;;;/h1-16H,(H,35,36,37)(H,38,39,40)(H,41,42,43);;;/q;3*+1/p-3. The van der Waals surface area contributed by atoms with Gasteiger partial charge in [-0.3, -0.25) is 10.1 Å². The Hall–Kier alpha value is -2.25. The molecule has 0 spiro atoms. The third-order valence-corrected chi connectivity index (χ3v) is 8.50. The molecule has 0 saturated heterocycles. The van der Waals surface area contributed by atoms with Gasteiger partial charge in [-0.15, -0.1) is 0 Å². The molecule has 4 aromatic carbocycles. The molecule has 49 heavy (non-hydrogen) atoms. The molecule has 23 heteroatoms. The first-order chi connectivity index (χ1) is 21.4. The average molecular weight is 756 g/mol. The average Bonchev–Trinajstić information content (AvgIpc) is 2.98. The van der Waals surface area contributed by atoms with Crippen LogP contribution in [0.15, 0.2) is 115 Å². The minimum atomic E-state index is -5.21. The number of hydrogen-bond donors (Lipinski definition) is 0. The van der Waals surface area contributed by atoms with Gasteiger partial charge >= 0.3 is 88.7 Å². The van der Waals surface area contributed by atoms with E-state index >= 15 is 0 Å². The predicted molar refractivity (Wildman–Crippen MR) is 155 cm³/mol. The van der Waals surface area contributed by atoms with E-state index in [1.54, 1.807) is 0 Å². The van der Waals surface area contributed by atoms with Crippen LogP contribution < -0.4 is 88.7 Å². The molecule has 4 aromatic rings. The van der Waals surface area contributed by atoms with Crippen LogP contribution in [0.1, 0.15) is 11.1 Å². The van der Waals surface area contributed by atoms with E-state index in [4.69, 9.17) is 0 Å². The van der Waals surface area contributed by atoms with Crippen LogP contribution in [0.3, 0.4) is 0 Å². The van der Waals surface area contributed by atoms with Gasteiger partial charge in [-0.1, -0.05) is 17.0 Å². The molecule has 0 atom stereocenters. The first-order valence-corrected chi connectivity index (χ1v) is 16.4. The van der Waals surface area contributed by atoms with Crippen LogP contribution in [0.5, 0.6) is 0 Å². The summed E-state index contributed by atoms with van der Waals surface area (Å²) in [6.45, 7) is 0. The maximum Gasteiger partial charge on any atom is 1.00 e. The molecule has 0 heterocycles. The summed E-state index contributed by atoms with van der Waals surface area (Å²) < 4.78 is 104. The maximum absolute atomic E-state index is 12.7. The summed E-state index contributed by atoms with van der Waals surface area (Å²) in [5.41, 5.74) is -1.04. The van der Waals surface area contributed by atoms with E-state index in [-0.39, 0.29) is 122 Å². The van der Waals surface area contributed by atoms with Crippen molar-refractivity contribution in [3.05, 3.63) is 111 Å². The molecule has 0 bridgehead atoms. The number of azo groups is 2. The Kier molecular flexibility index (Phi) is 16.7. The molecule has 0 aliphatic rings. The van der Waals surface area contributed by atoms with E-state index < -0.39 is 55.7 Å². The molecular weight excluding hydrogens is 739 g/mol. The van der Waals surface area contributed by atoms with Gasteiger partial charge in [0.2, 0.25) is 5.69 Å². The Bertz CT molecular complexity index is 2270. The number of hydrogen-bond acceptors (Lipinski definition) is 15. The fraction of sp³-hybridized carbons (Fsp3) is 0. The van der Waals surface area contributed by atoms with Crippen LogP contribution in [-0.2, 0) is 30.4 Å². The summed E-state index contributed by atoms with van der Waals surface area (Å²) in [6, 6.07) is 15.5. The summed E-state index contributed by atoms with van der Waals surface area (Å²) >= 11 is 0. The molecule has 0 amide bonds. The van der Waals surface area contributed by atoms with E-state index in [1.807, 2.05) is 0 Å². The van der Waals surface area contributed by atoms with E-state index in [0.29, 0.717) is 11.8 Å². The monoisotopic (exact) mass is 755 g/mol. The third-order valence-electron chi connectivity index (χ3n) is 5.87. The van der Waals surface area contributed by atoms with Gasteiger partial charge in [0.25, 0.3) is 5.69 Å². The van der Waals surface area contributed by atoms with Crippen molar-refractivity contribution >= 4 is 70.9 Å². The van der Waals surface area contributed by atoms with Crippen molar-refractivity contribution in [2.45, 2.75) is 14.7 Å². The Labute approximate surface area is 345 Å². The van der Waals surface area contributed by atoms with Gasteiger partial charge in [-0.25, -0.2) is 25.3 Å². The van der Waals surface area contributed by atoms with Gasteiger partial charge < -0.3 is 18.9 Å². The number of nitro benzene ring substituents is 1. The van der Waals surface area contributed by atoms with Gasteiger partial charge in [-0.2, -0.15) is 10.2 Å². The maximum atomic E-state index is 12.7. The van der Waals surface area contributed by atoms with E-state index in [0.717, 1.165) is 54.6 Å². The molecule has 0 aliphatic heterocycles. The van der Waals surface area contributed by atoms with Crippen LogP contribution in [0, 0.1) is 15.3 Å². The van der Waals surface area contributed by atoms with Gasteiger partial charge in [0.1, 0.15) is 36.0 Å². The Morgan fingerprint density at radius 1 is 0.531 bits per heavy atom. The minimum Gasteiger partial charge on any atom is -0.744 e. The molecule has 17 nitrogen and oxygen atoms in total.